The molecule has 5 nitrogen and oxygen atoms in total. The summed E-state index contributed by atoms with van der Waals surface area (Å²) in [6.45, 7) is 3.44. The minimum Gasteiger partial charge on any atom is -0.424 e. The van der Waals surface area contributed by atoms with E-state index in [-0.39, 0.29) is 17.9 Å². The molecule has 0 atom stereocenters. The maximum Gasteiger partial charge on any atom is 0.310 e. The van der Waals surface area contributed by atoms with Crippen LogP contribution in [0, 0.1) is 12.7 Å². The molecule has 3 aromatic carbocycles. The number of benzene rings is 3. The smallest absolute Gasteiger partial charge is 0.310 e. The summed E-state index contributed by atoms with van der Waals surface area (Å²) in [6.07, 6.45) is 0.118. The lowest BCUT2D eigenvalue weighted by atomic mass is 9.97. The van der Waals surface area contributed by atoms with E-state index in [1.807, 2.05) is 49.4 Å². The summed E-state index contributed by atoms with van der Waals surface area (Å²) in [4.78, 5) is 30.1. The highest BCUT2D eigenvalue weighted by molar-refractivity contribution is 9.10. The fourth-order valence-electron chi connectivity index (χ4n) is 3.58. The number of pyridine rings is 1. The van der Waals surface area contributed by atoms with E-state index in [0.717, 1.165) is 10.0 Å². The molecular weight excluding hydrogens is 487 g/mol. The fourth-order valence-corrected chi connectivity index (χ4v) is 3.94. The molecule has 0 bridgehead atoms. The molecule has 0 saturated carbocycles. The summed E-state index contributed by atoms with van der Waals surface area (Å²) >= 11 is 3.45. The molecule has 166 valence electrons. The van der Waals surface area contributed by atoms with E-state index in [1.165, 1.54) is 18.2 Å². The van der Waals surface area contributed by atoms with Crippen molar-refractivity contribution >= 4 is 44.4 Å². The Morgan fingerprint density at radius 1 is 1.06 bits per heavy atom. The van der Waals surface area contributed by atoms with Crippen molar-refractivity contribution in [3.63, 3.8) is 0 Å². The third kappa shape index (κ3) is 4.64. The molecule has 1 N–H and O–H groups in total. The molecule has 0 aliphatic heterocycles. The van der Waals surface area contributed by atoms with E-state index < -0.39 is 17.7 Å². The van der Waals surface area contributed by atoms with Gasteiger partial charge in [0.15, 0.2) is 11.6 Å². The number of amides is 1. The van der Waals surface area contributed by atoms with E-state index in [9.17, 15) is 14.0 Å². The number of esters is 1. The van der Waals surface area contributed by atoms with Crippen molar-refractivity contribution in [2.75, 3.05) is 5.32 Å². The Labute approximate surface area is 198 Å². The van der Waals surface area contributed by atoms with Gasteiger partial charge in [-0.25, -0.2) is 9.37 Å². The van der Waals surface area contributed by atoms with Crippen LogP contribution in [0.15, 0.2) is 71.2 Å². The number of anilines is 1. The number of nitrogens with zero attached hydrogens (tertiary/aromatic N) is 1. The summed E-state index contributed by atoms with van der Waals surface area (Å²) in [5.74, 6) is -1.81. The minimum absolute atomic E-state index is 0.0457. The molecule has 0 fully saturated rings. The topological polar surface area (TPSA) is 68.3 Å². The third-order valence-electron chi connectivity index (χ3n) is 5.19. The van der Waals surface area contributed by atoms with Gasteiger partial charge in [-0.05, 0) is 42.8 Å². The predicted octanol–water partition coefficient (Wildman–Crippen LogP) is 6.68. The number of hydrogen-bond acceptors (Lipinski definition) is 4. The van der Waals surface area contributed by atoms with Crippen molar-refractivity contribution in [3.05, 3.63) is 88.1 Å². The number of aromatic nitrogens is 1. The minimum atomic E-state index is -0.703. The number of ether oxygens (including phenoxy) is 1. The molecular formula is C26H20BrFN2O3. The number of fused-ring (bicyclic) bond motifs is 1. The van der Waals surface area contributed by atoms with E-state index in [1.54, 1.807) is 13.0 Å². The lowest BCUT2D eigenvalue weighted by molar-refractivity contribution is -0.133. The molecule has 33 heavy (non-hydrogen) atoms. The van der Waals surface area contributed by atoms with Gasteiger partial charge >= 0.3 is 5.97 Å². The van der Waals surface area contributed by atoms with Crippen molar-refractivity contribution < 1.29 is 18.7 Å². The first-order valence-electron chi connectivity index (χ1n) is 10.3. The number of halogens is 2. The van der Waals surface area contributed by atoms with Crippen molar-refractivity contribution in [3.8, 4) is 17.0 Å². The highest BCUT2D eigenvalue weighted by Crippen LogP contribution is 2.33. The molecule has 1 amide bonds. The molecule has 7 heteroatoms. The lowest BCUT2D eigenvalue weighted by Gasteiger charge is -2.16. The van der Waals surface area contributed by atoms with Gasteiger partial charge in [-0.15, -0.1) is 0 Å². The Bertz CT molecular complexity index is 1370. The second-order valence-corrected chi connectivity index (χ2v) is 8.30. The Hall–Kier alpha value is -3.58. The van der Waals surface area contributed by atoms with Gasteiger partial charge in [-0.3, -0.25) is 9.59 Å². The zero-order valence-corrected chi connectivity index (χ0v) is 19.6. The van der Waals surface area contributed by atoms with Gasteiger partial charge in [0.1, 0.15) is 5.69 Å². The molecule has 0 radical (unpaired) electrons. The molecule has 1 aromatic heterocycles. The third-order valence-corrected chi connectivity index (χ3v) is 5.68. The number of nitrogens with one attached hydrogen (secondary N) is 1. The number of carbonyl (C=O) groups excluding carboxylic acids is 2. The lowest BCUT2D eigenvalue weighted by Crippen LogP contribution is -2.18. The van der Waals surface area contributed by atoms with Crippen LogP contribution in [-0.2, 0) is 4.79 Å². The molecule has 0 saturated heterocycles. The number of carbonyl (C=O) groups is 2. The number of para-hydroxylation sites is 1. The van der Waals surface area contributed by atoms with Gasteiger partial charge < -0.3 is 10.1 Å². The van der Waals surface area contributed by atoms with Crippen LogP contribution in [-0.4, -0.2) is 16.9 Å². The van der Waals surface area contributed by atoms with Gasteiger partial charge in [0.2, 0.25) is 0 Å². The van der Waals surface area contributed by atoms with E-state index in [0.29, 0.717) is 27.7 Å². The summed E-state index contributed by atoms with van der Waals surface area (Å²) < 4.78 is 20.7. The summed E-state index contributed by atoms with van der Waals surface area (Å²) in [7, 11) is 0. The first-order chi connectivity index (χ1) is 15.9. The monoisotopic (exact) mass is 506 g/mol. The van der Waals surface area contributed by atoms with Gasteiger partial charge in [-0.1, -0.05) is 59.3 Å². The Balaban J connectivity index is 1.86. The van der Waals surface area contributed by atoms with Crippen LogP contribution in [0.25, 0.3) is 22.2 Å². The van der Waals surface area contributed by atoms with Crippen LogP contribution < -0.4 is 10.1 Å². The van der Waals surface area contributed by atoms with Crippen molar-refractivity contribution in [1.29, 1.82) is 0 Å². The first kappa shape index (κ1) is 22.6. The van der Waals surface area contributed by atoms with E-state index in [4.69, 9.17) is 9.72 Å². The average Bonchev–Trinajstić information content (AvgIpc) is 2.81. The highest BCUT2D eigenvalue weighted by atomic mass is 79.9. The van der Waals surface area contributed by atoms with Crippen molar-refractivity contribution in [2.45, 2.75) is 20.3 Å². The normalized spacial score (nSPS) is 10.8. The molecule has 0 spiro atoms. The second kappa shape index (κ2) is 9.50. The number of hydrogen-bond donors (Lipinski definition) is 1. The molecule has 1 heterocycles. The van der Waals surface area contributed by atoms with Crippen LogP contribution in [0.5, 0.6) is 5.75 Å². The SMILES string of the molecule is CCC(=O)Oc1cccc(F)c1NC(=O)c1c(C)c(-c2ccccc2)nc2ccc(Br)cc12. The van der Waals surface area contributed by atoms with Crippen LogP contribution in [0.2, 0.25) is 0 Å². The van der Waals surface area contributed by atoms with Crippen LogP contribution in [0.4, 0.5) is 10.1 Å². The molecule has 4 aromatic rings. The average molecular weight is 507 g/mol. The van der Waals surface area contributed by atoms with E-state index in [2.05, 4.69) is 21.2 Å². The molecule has 0 aliphatic carbocycles. The first-order valence-corrected chi connectivity index (χ1v) is 11.1. The zero-order chi connectivity index (χ0) is 23.5. The zero-order valence-electron chi connectivity index (χ0n) is 18.0. The highest BCUT2D eigenvalue weighted by Gasteiger charge is 2.22. The quantitative estimate of drug-likeness (QED) is 0.242. The van der Waals surface area contributed by atoms with Gasteiger partial charge in [0.25, 0.3) is 5.91 Å². The summed E-state index contributed by atoms with van der Waals surface area (Å²) in [5, 5.41) is 3.23. The Morgan fingerprint density at radius 2 is 1.82 bits per heavy atom. The summed E-state index contributed by atoms with van der Waals surface area (Å²) in [6, 6.07) is 19.1. The Morgan fingerprint density at radius 3 is 2.55 bits per heavy atom. The fraction of sp³-hybridized carbons (Fsp3) is 0.115. The van der Waals surface area contributed by atoms with E-state index >= 15 is 0 Å². The predicted molar refractivity (Wildman–Crippen MR) is 130 cm³/mol. The van der Waals surface area contributed by atoms with Crippen LogP contribution in [0.1, 0.15) is 29.3 Å². The second-order valence-electron chi connectivity index (χ2n) is 7.38. The van der Waals surface area contributed by atoms with Gasteiger partial charge in [0, 0.05) is 21.8 Å². The summed E-state index contributed by atoms with van der Waals surface area (Å²) in [5.41, 5.74) is 2.95. The standard InChI is InChI=1S/C26H20BrFN2O3/c1-3-22(31)33-21-11-7-10-19(28)25(21)30-26(32)23-15(2)24(16-8-5-4-6-9-16)29-20-13-12-17(27)14-18(20)23/h4-14H,3H2,1-2H3,(H,30,32). The molecule has 0 unspecified atom stereocenters. The van der Waals surface area contributed by atoms with Gasteiger partial charge in [0.05, 0.1) is 16.8 Å². The molecule has 4 rings (SSSR count). The number of rotatable bonds is 5. The van der Waals surface area contributed by atoms with Crippen molar-refractivity contribution in [1.82, 2.24) is 4.98 Å². The van der Waals surface area contributed by atoms with Gasteiger partial charge in [-0.2, -0.15) is 0 Å². The van der Waals surface area contributed by atoms with Crippen LogP contribution >= 0.6 is 15.9 Å². The molecule has 0 aliphatic rings. The maximum absolute atomic E-state index is 14.7. The Kier molecular flexibility index (Phi) is 6.51. The largest absolute Gasteiger partial charge is 0.424 e. The van der Waals surface area contributed by atoms with Crippen LogP contribution in [0.3, 0.4) is 0 Å². The van der Waals surface area contributed by atoms with Crippen molar-refractivity contribution in [2.24, 2.45) is 0 Å². The maximum atomic E-state index is 14.7.